The number of aromatic nitrogens is 2. The molecular weight excluding hydrogens is 502 g/mol. The summed E-state index contributed by atoms with van der Waals surface area (Å²) in [6.45, 7) is -1.69. The van der Waals surface area contributed by atoms with Crippen molar-refractivity contribution in [3.05, 3.63) is 111 Å². The van der Waals surface area contributed by atoms with Gasteiger partial charge in [0, 0.05) is 66.4 Å². The van der Waals surface area contributed by atoms with Crippen LogP contribution in [-0.4, -0.2) is 50.0 Å². The molecule has 0 amide bonds. The van der Waals surface area contributed by atoms with Crippen LogP contribution in [-0.2, 0) is 29.0 Å². The molecule has 3 aromatic rings. The van der Waals surface area contributed by atoms with Crippen LogP contribution >= 0.6 is 11.6 Å². The zero-order chi connectivity index (χ0) is 30.7. The van der Waals surface area contributed by atoms with Crippen LogP contribution in [0.5, 0.6) is 0 Å². The number of likely N-dealkylation sites (tertiary alicyclic amines) is 1. The summed E-state index contributed by atoms with van der Waals surface area (Å²) in [6, 6.07) is 11.7. The number of halogens is 1. The average molecular weight is 536 g/mol. The molecule has 1 fully saturated rings. The number of pyridine rings is 2. The normalized spacial score (nSPS) is 19.4. The molecule has 0 bridgehead atoms. The van der Waals surface area contributed by atoms with Gasteiger partial charge in [-0.25, -0.2) is 9.59 Å². The fourth-order valence-corrected chi connectivity index (χ4v) is 4.65. The Morgan fingerprint density at radius 3 is 2.42 bits per heavy atom. The highest BCUT2D eigenvalue weighted by molar-refractivity contribution is 6.30. The topological polar surface area (TPSA) is 104 Å². The molecule has 7 nitrogen and oxygen atoms in total. The first kappa shape index (κ1) is 22.2. The number of hydrogen-bond donors (Lipinski definition) is 2. The summed E-state index contributed by atoms with van der Waals surface area (Å²) in [4.78, 5) is 29.3. The van der Waals surface area contributed by atoms with Crippen molar-refractivity contribution in [2.24, 2.45) is 0 Å². The van der Waals surface area contributed by atoms with E-state index in [0.717, 1.165) is 57.5 Å². The number of hydrogen-bond acceptors (Lipinski definition) is 5. The van der Waals surface area contributed by atoms with Crippen LogP contribution in [0.1, 0.15) is 51.8 Å². The van der Waals surface area contributed by atoms with E-state index in [4.69, 9.17) is 32.3 Å². The summed E-state index contributed by atoms with van der Waals surface area (Å²) >= 11 is 6.31. The molecule has 1 aliphatic carbocycles. The van der Waals surface area contributed by atoms with Crippen LogP contribution in [0.15, 0.2) is 72.7 Å². The molecule has 196 valence electrons. The van der Waals surface area contributed by atoms with Crippen molar-refractivity contribution in [3.8, 4) is 0 Å². The van der Waals surface area contributed by atoms with Gasteiger partial charge in [-0.15, -0.1) is 0 Å². The van der Waals surface area contributed by atoms with Gasteiger partial charge in [0.15, 0.2) is 0 Å². The summed E-state index contributed by atoms with van der Waals surface area (Å²) in [5, 5.41) is 16.3. The summed E-state index contributed by atoms with van der Waals surface area (Å²) in [7, 11) is 0. The van der Waals surface area contributed by atoms with Crippen LogP contribution in [0, 0.1) is 6.92 Å². The smallest absolute Gasteiger partial charge is 0.328 e. The Labute approximate surface area is 232 Å². The van der Waals surface area contributed by atoms with Crippen molar-refractivity contribution in [1.29, 1.82) is 0 Å². The molecule has 2 aromatic heterocycles. The van der Waals surface area contributed by atoms with Crippen molar-refractivity contribution in [2.45, 2.75) is 39.2 Å². The molecule has 0 atom stereocenters. The molecule has 0 radical (unpaired) electrons. The van der Waals surface area contributed by atoms with Gasteiger partial charge in [0.2, 0.25) is 0 Å². The number of carbonyl (C=O) groups is 2. The van der Waals surface area contributed by atoms with Crippen molar-refractivity contribution in [1.82, 2.24) is 14.9 Å². The van der Waals surface area contributed by atoms with Gasteiger partial charge in [-0.3, -0.25) is 14.9 Å². The molecule has 1 saturated heterocycles. The lowest BCUT2D eigenvalue weighted by molar-refractivity contribution is -0.134. The summed E-state index contributed by atoms with van der Waals surface area (Å²) in [6.07, 6.45) is 8.09. The fraction of sp³-hybridized carbons (Fsp3) is 0.267. The third kappa shape index (κ3) is 7.15. The van der Waals surface area contributed by atoms with Gasteiger partial charge < -0.3 is 10.2 Å². The maximum absolute atomic E-state index is 9.55. The number of nitrogens with zero attached hydrogens (tertiary/aromatic N) is 3. The van der Waals surface area contributed by atoms with E-state index >= 15 is 0 Å². The van der Waals surface area contributed by atoms with Gasteiger partial charge in [0.1, 0.15) is 0 Å². The van der Waals surface area contributed by atoms with E-state index in [2.05, 4.69) is 11.1 Å². The van der Waals surface area contributed by atoms with E-state index in [1.165, 1.54) is 4.90 Å². The van der Waals surface area contributed by atoms with Crippen LogP contribution in [0.4, 0.5) is 0 Å². The standard InChI is InChI=1S/C26H26ClN3.C4H4O4/c1-18-13-19(16-28-15-18)17-30-11-8-20(9-12-30)25-24-7-6-23(27)14-22(24)5-4-21-3-2-10-29-26(21)25;5-3(6)1-2-4(7)8/h2-3,6-7,10,13-16H,4-5,8-9,11-12,17H2,1H3;1-2H,(H,5,6)(H,7,8)/b;2-1+/i11D2,12D2;. The second-order valence-corrected chi connectivity index (χ2v) is 9.36. The molecule has 2 N–H and O–H groups in total. The molecule has 0 unspecified atom stereocenters. The summed E-state index contributed by atoms with van der Waals surface area (Å²) in [5.41, 5.74) is 7.33. The van der Waals surface area contributed by atoms with E-state index in [1.807, 2.05) is 37.3 Å². The second kappa shape index (κ2) is 12.6. The quantitative estimate of drug-likeness (QED) is 0.434. The highest BCUT2D eigenvalue weighted by Gasteiger charge is 2.25. The first-order valence-corrected chi connectivity index (χ1v) is 12.4. The Bertz CT molecular complexity index is 1540. The minimum Gasteiger partial charge on any atom is -0.478 e. The van der Waals surface area contributed by atoms with Crippen molar-refractivity contribution >= 4 is 29.1 Å². The van der Waals surface area contributed by atoms with Gasteiger partial charge in [-0.1, -0.05) is 35.4 Å². The zero-order valence-corrected chi connectivity index (χ0v) is 21.6. The van der Waals surface area contributed by atoms with Gasteiger partial charge >= 0.3 is 11.9 Å². The number of fused-ring (bicyclic) bond motifs is 2. The fourth-order valence-electron chi connectivity index (χ4n) is 4.45. The number of aliphatic carboxylic acids is 2. The Balaban J connectivity index is 0.000000446. The Kier molecular flexibility index (Phi) is 7.38. The highest BCUT2D eigenvalue weighted by Crippen LogP contribution is 2.38. The van der Waals surface area contributed by atoms with E-state index in [1.54, 1.807) is 18.6 Å². The molecule has 2 aliphatic rings. The SMILES string of the molecule is O=C(O)/C=C/C(=O)O.[2H]C1([2H])CC(=C2c3ccc(Cl)cc3CCc3cccnc32)CC([2H])([2H])N1Cc1cncc(C)c1. The monoisotopic (exact) mass is 535 g/mol. The van der Waals surface area contributed by atoms with E-state index in [0.29, 0.717) is 17.2 Å². The lowest BCUT2D eigenvalue weighted by atomic mass is 9.88. The predicted octanol–water partition coefficient (Wildman–Crippen LogP) is 5.35. The van der Waals surface area contributed by atoms with E-state index < -0.39 is 24.9 Å². The number of carboxylic acid groups (broad SMARTS) is 2. The lowest BCUT2D eigenvalue weighted by Crippen LogP contribution is -2.30. The number of rotatable bonds is 4. The van der Waals surface area contributed by atoms with Crippen LogP contribution in [0.2, 0.25) is 5.02 Å². The summed E-state index contributed by atoms with van der Waals surface area (Å²) < 4.78 is 35.6. The molecule has 38 heavy (non-hydrogen) atoms. The molecule has 5 rings (SSSR count). The first-order chi connectivity index (χ1) is 19.8. The van der Waals surface area contributed by atoms with Crippen molar-refractivity contribution in [3.63, 3.8) is 0 Å². The van der Waals surface area contributed by atoms with Crippen LogP contribution in [0.3, 0.4) is 0 Å². The first-order valence-electron chi connectivity index (χ1n) is 14.0. The molecule has 3 heterocycles. The van der Waals surface area contributed by atoms with E-state index in [9.17, 15) is 9.59 Å². The maximum atomic E-state index is 9.55. The van der Waals surface area contributed by atoms with Crippen LogP contribution in [0.25, 0.3) is 5.57 Å². The molecule has 1 aromatic carbocycles. The summed E-state index contributed by atoms with van der Waals surface area (Å²) in [5.74, 6) is -2.51. The maximum Gasteiger partial charge on any atom is 0.328 e. The predicted molar refractivity (Wildman–Crippen MR) is 147 cm³/mol. The number of carboxylic acids is 2. The Morgan fingerprint density at radius 1 is 1.03 bits per heavy atom. The number of piperidine rings is 1. The average Bonchev–Trinajstić information content (AvgIpc) is 3.06. The Hall–Kier alpha value is -3.81. The van der Waals surface area contributed by atoms with Gasteiger partial charge in [-0.05, 0) is 78.6 Å². The largest absolute Gasteiger partial charge is 0.478 e. The zero-order valence-electron chi connectivity index (χ0n) is 24.8. The highest BCUT2D eigenvalue weighted by atomic mass is 35.5. The Morgan fingerprint density at radius 2 is 1.74 bits per heavy atom. The van der Waals surface area contributed by atoms with Gasteiger partial charge in [0.05, 0.1) is 5.69 Å². The molecule has 8 heteroatoms. The molecule has 0 spiro atoms. The third-order valence-electron chi connectivity index (χ3n) is 6.09. The second-order valence-electron chi connectivity index (χ2n) is 8.93. The minimum absolute atomic E-state index is 0.0964. The van der Waals surface area contributed by atoms with Crippen molar-refractivity contribution < 1.29 is 25.3 Å². The molecular formula is C30H30ClN3O4. The minimum atomic E-state index is -1.89. The van der Waals surface area contributed by atoms with Crippen LogP contribution < -0.4 is 0 Å². The molecule has 0 saturated carbocycles. The van der Waals surface area contributed by atoms with E-state index in [-0.39, 0.29) is 19.4 Å². The molecule has 1 aliphatic heterocycles. The van der Waals surface area contributed by atoms with Gasteiger partial charge in [-0.2, -0.15) is 0 Å². The number of benzene rings is 1. The van der Waals surface area contributed by atoms with Crippen molar-refractivity contribution in [2.75, 3.05) is 13.0 Å². The third-order valence-corrected chi connectivity index (χ3v) is 6.32. The lowest BCUT2D eigenvalue weighted by Gasteiger charge is -2.30. The van der Waals surface area contributed by atoms with Gasteiger partial charge in [0.25, 0.3) is 0 Å². The number of aryl methyl sites for hydroxylation is 3.